The van der Waals surface area contributed by atoms with Crippen molar-refractivity contribution in [1.82, 2.24) is 0 Å². The maximum Gasteiger partial charge on any atom is 0.0734 e. The van der Waals surface area contributed by atoms with Crippen molar-refractivity contribution in [1.29, 1.82) is 0 Å². The van der Waals surface area contributed by atoms with Gasteiger partial charge in [-0.2, -0.15) is 0 Å². The zero-order chi connectivity index (χ0) is 13.3. The molecule has 2 aliphatic carbocycles. The van der Waals surface area contributed by atoms with E-state index in [0.29, 0.717) is 17.6 Å². The Bertz CT molecular complexity index is 276. The molecule has 2 aliphatic rings. The third-order valence-electron chi connectivity index (χ3n) is 5.30. The van der Waals surface area contributed by atoms with Gasteiger partial charge in [0.1, 0.15) is 0 Å². The second kappa shape index (κ2) is 5.50. The summed E-state index contributed by atoms with van der Waals surface area (Å²) >= 11 is 0. The molecule has 0 heterocycles. The van der Waals surface area contributed by atoms with E-state index in [0.717, 1.165) is 24.7 Å². The van der Waals surface area contributed by atoms with Gasteiger partial charge in [-0.1, -0.05) is 27.7 Å². The normalized spacial score (nSPS) is 44.8. The molecule has 0 aromatic heterocycles. The first-order chi connectivity index (χ1) is 8.37. The molecule has 0 saturated heterocycles. The summed E-state index contributed by atoms with van der Waals surface area (Å²) in [6.45, 7) is 9.43. The molecule has 18 heavy (non-hydrogen) atoms. The van der Waals surface area contributed by atoms with Gasteiger partial charge in [-0.3, -0.25) is 0 Å². The van der Waals surface area contributed by atoms with Gasteiger partial charge >= 0.3 is 0 Å². The van der Waals surface area contributed by atoms with E-state index in [9.17, 15) is 0 Å². The Hall–Kier alpha value is -0.0800. The first-order valence-electron chi connectivity index (χ1n) is 7.78. The van der Waals surface area contributed by atoms with Crippen molar-refractivity contribution in [3.63, 3.8) is 0 Å². The lowest BCUT2D eigenvalue weighted by molar-refractivity contribution is -0.0861. The molecule has 5 atom stereocenters. The molecule has 2 N–H and O–H groups in total. The van der Waals surface area contributed by atoms with Crippen molar-refractivity contribution < 1.29 is 4.74 Å². The van der Waals surface area contributed by atoms with Crippen LogP contribution in [0.1, 0.15) is 66.2 Å². The largest absolute Gasteiger partial charge is 0.373 e. The van der Waals surface area contributed by atoms with Crippen LogP contribution in [0.15, 0.2) is 0 Å². The van der Waals surface area contributed by atoms with Crippen LogP contribution in [0.5, 0.6) is 0 Å². The van der Waals surface area contributed by atoms with E-state index < -0.39 is 0 Å². The van der Waals surface area contributed by atoms with Crippen LogP contribution in [-0.4, -0.2) is 18.2 Å². The van der Waals surface area contributed by atoms with E-state index in [4.69, 9.17) is 10.5 Å². The molecule has 0 aliphatic heterocycles. The zero-order valence-electron chi connectivity index (χ0n) is 12.6. The maximum atomic E-state index is 6.37. The molecule has 0 amide bonds. The SMILES string of the molecule is CC1CCC(OC2CC(C)(C)CCC2N)CC1C. The smallest absolute Gasteiger partial charge is 0.0734 e. The number of hydrogen-bond donors (Lipinski definition) is 1. The molecule has 5 unspecified atom stereocenters. The molecule has 2 rings (SSSR count). The molecule has 106 valence electrons. The van der Waals surface area contributed by atoms with Gasteiger partial charge in [-0.25, -0.2) is 0 Å². The van der Waals surface area contributed by atoms with Gasteiger partial charge in [0.05, 0.1) is 12.2 Å². The first kappa shape index (κ1) is 14.3. The van der Waals surface area contributed by atoms with E-state index in [2.05, 4.69) is 27.7 Å². The van der Waals surface area contributed by atoms with Crippen molar-refractivity contribution in [3.05, 3.63) is 0 Å². The van der Waals surface area contributed by atoms with E-state index >= 15 is 0 Å². The molecule has 0 radical (unpaired) electrons. The van der Waals surface area contributed by atoms with Crippen LogP contribution in [-0.2, 0) is 4.74 Å². The predicted octanol–water partition coefficient (Wildman–Crippen LogP) is 3.73. The lowest BCUT2D eigenvalue weighted by atomic mass is 9.74. The third kappa shape index (κ3) is 3.48. The molecular formula is C16H31NO. The summed E-state index contributed by atoms with van der Waals surface area (Å²) in [5.74, 6) is 1.66. The Morgan fingerprint density at radius 1 is 1.06 bits per heavy atom. The van der Waals surface area contributed by atoms with Crippen LogP contribution in [0.25, 0.3) is 0 Å². The molecule has 0 bridgehead atoms. The van der Waals surface area contributed by atoms with Crippen LogP contribution in [0.2, 0.25) is 0 Å². The van der Waals surface area contributed by atoms with Crippen molar-refractivity contribution in [2.24, 2.45) is 23.0 Å². The van der Waals surface area contributed by atoms with E-state index in [1.165, 1.54) is 25.7 Å². The summed E-state index contributed by atoms with van der Waals surface area (Å²) in [6, 6.07) is 0.257. The molecular weight excluding hydrogens is 222 g/mol. The van der Waals surface area contributed by atoms with Crippen molar-refractivity contribution in [3.8, 4) is 0 Å². The lowest BCUT2D eigenvalue weighted by Gasteiger charge is -2.42. The highest BCUT2D eigenvalue weighted by Crippen LogP contribution is 2.38. The van der Waals surface area contributed by atoms with Crippen LogP contribution >= 0.6 is 0 Å². The van der Waals surface area contributed by atoms with E-state index in [1.807, 2.05) is 0 Å². The molecule has 0 spiro atoms. The average Bonchev–Trinajstić information content (AvgIpc) is 2.28. The summed E-state index contributed by atoms with van der Waals surface area (Å²) in [7, 11) is 0. The second-order valence-corrected chi connectivity index (χ2v) is 7.64. The Balaban J connectivity index is 1.88. The van der Waals surface area contributed by atoms with Gasteiger partial charge < -0.3 is 10.5 Å². The molecule has 2 heteroatoms. The first-order valence-corrected chi connectivity index (χ1v) is 7.78. The zero-order valence-corrected chi connectivity index (χ0v) is 12.6. The van der Waals surface area contributed by atoms with Crippen LogP contribution in [0.4, 0.5) is 0 Å². The molecule has 2 fully saturated rings. The Kier molecular flexibility index (Phi) is 4.38. The van der Waals surface area contributed by atoms with Crippen LogP contribution < -0.4 is 5.73 Å². The number of ether oxygens (including phenoxy) is 1. The standard InChI is InChI=1S/C16H31NO/c1-11-5-6-13(9-12(11)2)18-15-10-16(3,4)8-7-14(15)17/h11-15H,5-10,17H2,1-4H3. The topological polar surface area (TPSA) is 35.2 Å². The highest BCUT2D eigenvalue weighted by atomic mass is 16.5. The summed E-state index contributed by atoms with van der Waals surface area (Å²) in [4.78, 5) is 0. The molecule has 2 saturated carbocycles. The highest BCUT2D eigenvalue weighted by molar-refractivity contribution is 4.89. The van der Waals surface area contributed by atoms with Gasteiger partial charge in [-0.15, -0.1) is 0 Å². The van der Waals surface area contributed by atoms with Crippen molar-refractivity contribution >= 4 is 0 Å². The summed E-state index contributed by atoms with van der Waals surface area (Å²) in [5.41, 5.74) is 6.67. The van der Waals surface area contributed by atoms with Crippen molar-refractivity contribution in [2.75, 3.05) is 0 Å². The Morgan fingerprint density at radius 2 is 1.78 bits per heavy atom. The Morgan fingerprint density at radius 3 is 2.44 bits per heavy atom. The predicted molar refractivity (Wildman–Crippen MR) is 76.4 cm³/mol. The minimum Gasteiger partial charge on any atom is -0.373 e. The van der Waals surface area contributed by atoms with Crippen LogP contribution in [0, 0.1) is 17.3 Å². The second-order valence-electron chi connectivity index (χ2n) is 7.64. The van der Waals surface area contributed by atoms with Gasteiger partial charge in [0, 0.05) is 6.04 Å². The minimum absolute atomic E-state index is 0.257. The van der Waals surface area contributed by atoms with Gasteiger partial charge in [0.15, 0.2) is 0 Å². The quantitative estimate of drug-likeness (QED) is 0.814. The lowest BCUT2D eigenvalue weighted by Crippen LogP contribution is -2.46. The molecule has 0 aromatic carbocycles. The fraction of sp³-hybridized carbons (Fsp3) is 1.00. The fourth-order valence-corrected chi connectivity index (χ4v) is 3.56. The number of hydrogen-bond acceptors (Lipinski definition) is 2. The number of nitrogens with two attached hydrogens (primary N) is 1. The van der Waals surface area contributed by atoms with Crippen molar-refractivity contribution in [2.45, 2.75) is 84.5 Å². The fourth-order valence-electron chi connectivity index (χ4n) is 3.56. The third-order valence-corrected chi connectivity index (χ3v) is 5.30. The summed E-state index contributed by atoms with van der Waals surface area (Å²) in [5, 5.41) is 0. The van der Waals surface area contributed by atoms with Gasteiger partial charge in [0.25, 0.3) is 0 Å². The monoisotopic (exact) mass is 253 g/mol. The molecule has 2 nitrogen and oxygen atoms in total. The van der Waals surface area contributed by atoms with Gasteiger partial charge in [0.2, 0.25) is 0 Å². The van der Waals surface area contributed by atoms with E-state index in [1.54, 1.807) is 0 Å². The highest BCUT2D eigenvalue weighted by Gasteiger charge is 2.36. The summed E-state index contributed by atoms with van der Waals surface area (Å²) in [6.07, 6.45) is 8.02. The minimum atomic E-state index is 0.257. The van der Waals surface area contributed by atoms with Gasteiger partial charge in [-0.05, 0) is 55.8 Å². The molecule has 0 aromatic rings. The Labute approximate surface area is 113 Å². The maximum absolute atomic E-state index is 6.37. The van der Waals surface area contributed by atoms with Crippen LogP contribution in [0.3, 0.4) is 0 Å². The average molecular weight is 253 g/mol. The summed E-state index contributed by atoms with van der Waals surface area (Å²) < 4.78 is 6.37. The van der Waals surface area contributed by atoms with E-state index in [-0.39, 0.29) is 6.04 Å². The number of rotatable bonds is 2.